The number of hydrogen-bond acceptors (Lipinski definition) is 2. The van der Waals surface area contributed by atoms with Gasteiger partial charge in [-0.15, -0.1) is 0 Å². The van der Waals surface area contributed by atoms with E-state index in [-0.39, 0.29) is 17.9 Å². The molecule has 1 fully saturated rings. The Hall–Kier alpha value is -2.82. The second kappa shape index (κ2) is 8.46. The van der Waals surface area contributed by atoms with E-state index in [9.17, 15) is 9.59 Å². The fourth-order valence-corrected chi connectivity index (χ4v) is 3.41. The molecule has 1 heterocycles. The third-order valence-corrected chi connectivity index (χ3v) is 5.16. The van der Waals surface area contributed by atoms with Crippen LogP contribution >= 0.6 is 0 Å². The molecule has 0 aliphatic carbocycles. The van der Waals surface area contributed by atoms with Crippen LogP contribution in [0.15, 0.2) is 42.5 Å². The molecule has 1 aliphatic rings. The van der Waals surface area contributed by atoms with E-state index in [2.05, 4.69) is 24.4 Å². The van der Waals surface area contributed by atoms with Crippen LogP contribution in [0.5, 0.6) is 0 Å². The van der Waals surface area contributed by atoms with Crippen LogP contribution in [0.2, 0.25) is 0 Å². The van der Waals surface area contributed by atoms with Gasteiger partial charge in [0.1, 0.15) is 0 Å². The molecule has 0 aromatic heterocycles. The van der Waals surface area contributed by atoms with Gasteiger partial charge in [-0.1, -0.05) is 44.2 Å². The minimum absolute atomic E-state index is 0.0154. The van der Waals surface area contributed by atoms with Gasteiger partial charge in [-0.05, 0) is 49.1 Å². The van der Waals surface area contributed by atoms with Crippen molar-refractivity contribution in [3.63, 3.8) is 0 Å². The number of nitrogens with zero attached hydrogens (tertiary/aromatic N) is 2. The Bertz CT molecular complexity index is 876. The molecule has 0 atom stereocenters. The third kappa shape index (κ3) is 4.35. The molecule has 0 saturated carbocycles. The van der Waals surface area contributed by atoms with Gasteiger partial charge >= 0.3 is 6.03 Å². The first kappa shape index (κ1) is 19.9. The van der Waals surface area contributed by atoms with E-state index in [0.717, 1.165) is 29.8 Å². The summed E-state index contributed by atoms with van der Waals surface area (Å²) in [4.78, 5) is 29.2. The first-order chi connectivity index (χ1) is 13.4. The van der Waals surface area contributed by atoms with Crippen molar-refractivity contribution in [1.82, 2.24) is 4.90 Å². The second-order valence-electron chi connectivity index (χ2n) is 7.80. The maximum absolute atomic E-state index is 13.2. The molecule has 0 radical (unpaired) electrons. The predicted molar refractivity (Wildman–Crippen MR) is 114 cm³/mol. The summed E-state index contributed by atoms with van der Waals surface area (Å²) >= 11 is 0. The van der Waals surface area contributed by atoms with Crippen molar-refractivity contribution in [2.24, 2.45) is 5.92 Å². The summed E-state index contributed by atoms with van der Waals surface area (Å²) < 4.78 is 0. The lowest BCUT2D eigenvalue weighted by atomic mass is 10.1. The molecular weight excluding hydrogens is 350 g/mol. The number of urea groups is 1. The highest BCUT2D eigenvalue weighted by molar-refractivity contribution is 6.01. The minimum atomic E-state index is -0.122. The van der Waals surface area contributed by atoms with E-state index in [1.807, 2.05) is 56.0 Å². The summed E-state index contributed by atoms with van der Waals surface area (Å²) in [7, 11) is 0. The zero-order valence-electron chi connectivity index (χ0n) is 17.2. The van der Waals surface area contributed by atoms with Crippen LogP contribution < -0.4 is 10.2 Å². The minimum Gasteiger partial charge on any atom is -0.324 e. The molecule has 148 valence electrons. The van der Waals surface area contributed by atoms with E-state index in [1.165, 1.54) is 5.56 Å². The molecule has 3 amide bonds. The zero-order valence-corrected chi connectivity index (χ0v) is 17.2. The summed E-state index contributed by atoms with van der Waals surface area (Å²) in [5.41, 5.74) is 4.86. The van der Waals surface area contributed by atoms with Gasteiger partial charge in [0.2, 0.25) is 5.91 Å². The molecule has 1 aliphatic heterocycles. The maximum Gasteiger partial charge on any atom is 0.324 e. The molecule has 0 spiro atoms. The first-order valence-electron chi connectivity index (χ1n) is 9.89. The fraction of sp³-hybridized carbons (Fsp3) is 0.391. The number of carbonyl (C=O) groups excluding carboxylic acids is 2. The summed E-state index contributed by atoms with van der Waals surface area (Å²) in [6.45, 7) is 9.77. The van der Waals surface area contributed by atoms with Crippen molar-refractivity contribution in [3.8, 4) is 0 Å². The van der Waals surface area contributed by atoms with Crippen molar-refractivity contribution in [3.05, 3.63) is 59.2 Å². The quantitative estimate of drug-likeness (QED) is 0.816. The average Bonchev–Trinajstić information content (AvgIpc) is 2.65. The van der Waals surface area contributed by atoms with Crippen LogP contribution in [0.1, 0.15) is 37.0 Å². The predicted octanol–water partition coefficient (Wildman–Crippen LogP) is 4.73. The van der Waals surface area contributed by atoms with Crippen LogP contribution in [0, 0.1) is 19.8 Å². The SMILES string of the molecule is Cc1ccc(N2CCCN(Cc3ccccc3C)C2=O)c(NC(=O)C(C)C)c1. The molecule has 0 bridgehead atoms. The van der Waals surface area contributed by atoms with Crippen molar-refractivity contribution in [2.75, 3.05) is 23.3 Å². The second-order valence-corrected chi connectivity index (χ2v) is 7.80. The average molecular weight is 380 g/mol. The Morgan fingerprint density at radius 2 is 1.86 bits per heavy atom. The van der Waals surface area contributed by atoms with Crippen molar-refractivity contribution < 1.29 is 9.59 Å². The van der Waals surface area contributed by atoms with Gasteiger partial charge in [-0.25, -0.2) is 4.79 Å². The molecule has 5 heteroatoms. The van der Waals surface area contributed by atoms with Crippen molar-refractivity contribution in [2.45, 2.75) is 40.7 Å². The molecule has 0 unspecified atom stereocenters. The molecule has 1 N–H and O–H groups in total. The highest BCUT2D eigenvalue weighted by Crippen LogP contribution is 2.31. The molecule has 2 aromatic carbocycles. The number of hydrogen-bond donors (Lipinski definition) is 1. The van der Waals surface area contributed by atoms with Crippen molar-refractivity contribution >= 4 is 23.3 Å². The standard InChI is InChI=1S/C23H29N3O2/c1-16(2)22(27)24-20-14-17(3)10-11-21(20)26-13-7-12-25(23(26)28)15-19-9-6-5-8-18(19)4/h5-6,8-11,14,16H,7,12-13,15H2,1-4H3,(H,24,27). The fourth-order valence-electron chi connectivity index (χ4n) is 3.41. The number of anilines is 2. The van der Waals surface area contributed by atoms with E-state index in [0.29, 0.717) is 18.8 Å². The van der Waals surface area contributed by atoms with Crippen LogP contribution in [-0.2, 0) is 11.3 Å². The summed E-state index contributed by atoms with van der Waals surface area (Å²) in [5.74, 6) is -0.170. The van der Waals surface area contributed by atoms with Crippen LogP contribution in [0.3, 0.4) is 0 Å². The lowest BCUT2D eigenvalue weighted by Gasteiger charge is -2.37. The Kier molecular flexibility index (Phi) is 6.02. The molecule has 1 saturated heterocycles. The summed E-state index contributed by atoms with van der Waals surface area (Å²) in [6.07, 6.45) is 0.892. The Morgan fingerprint density at radius 1 is 1.11 bits per heavy atom. The van der Waals surface area contributed by atoms with Gasteiger partial charge in [0.25, 0.3) is 0 Å². The maximum atomic E-state index is 13.2. The number of aryl methyl sites for hydroxylation is 2. The third-order valence-electron chi connectivity index (χ3n) is 5.16. The van der Waals surface area contributed by atoms with Crippen LogP contribution in [0.25, 0.3) is 0 Å². The Morgan fingerprint density at radius 3 is 2.57 bits per heavy atom. The van der Waals surface area contributed by atoms with Gasteiger partial charge in [-0.3, -0.25) is 9.69 Å². The lowest BCUT2D eigenvalue weighted by Crippen LogP contribution is -2.49. The number of carbonyl (C=O) groups is 2. The van der Waals surface area contributed by atoms with Gasteiger partial charge in [0.05, 0.1) is 11.4 Å². The van der Waals surface area contributed by atoms with E-state index in [4.69, 9.17) is 0 Å². The summed E-state index contributed by atoms with van der Waals surface area (Å²) in [6, 6.07) is 14.0. The highest BCUT2D eigenvalue weighted by Gasteiger charge is 2.29. The number of rotatable bonds is 5. The van der Waals surface area contributed by atoms with Gasteiger partial charge in [-0.2, -0.15) is 0 Å². The lowest BCUT2D eigenvalue weighted by molar-refractivity contribution is -0.118. The highest BCUT2D eigenvalue weighted by atomic mass is 16.2. The van der Waals surface area contributed by atoms with E-state index in [1.54, 1.807) is 4.90 Å². The molecule has 2 aromatic rings. The number of nitrogens with one attached hydrogen (secondary N) is 1. The van der Waals surface area contributed by atoms with Gasteiger partial charge in [0.15, 0.2) is 0 Å². The van der Waals surface area contributed by atoms with Gasteiger partial charge in [0, 0.05) is 25.6 Å². The van der Waals surface area contributed by atoms with Crippen molar-refractivity contribution in [1.29, 1.82) is 0 Å². The molecule has 3 rings (SSSR count). The normalized spacial score (nSPS) is 14.5. The van der Waals surface area contributed by atoms with E-state index < -0.39 is 0 Å². The topological polar surface area (TPSA) is 52.6 Å². The summed E-state index contributed by atoms with van der Waals surface area (Å²) in [5, 5.41) is 2.99. The number of benzene rings is 2. The Balaban J connectivity index is 1.86. The molecular formula is C23H29N3O2. The monoisotopic (exact) mass is 379 g/mol. The smallest absolute Gasteiger partial charge is 0.324 e. The van der Waals surface area contributed by atoms with E-state index >= 15 is 0 Å². The molecule has 5 nitrogen and oxygen atoms in total. The first-order valence-corrected chi connectivity index (χ1v) is 9.89. The Labute approximate surface area is 167 Å². The zero-order chi connectivity index (χ0) is 20.3. The molecule has 28 heavy (non-hydrogen) atoms. The van der Waals surface area contributed by atoms with Gasteiger partial charge < -0.3 is 10.2 Å². The van der Waals surface area contributed by atoms with Crippen LogP contribution in [0.4, 0.5) is 16.2 Å². The largest absolute Gasteiger partial charge is 0.324 e. The van der Waals surface area contributed by atoms with Crippen LogP contribution in [-0.4, -0.2) is 29.9 Å². The number of amides is 3.